The van der Waals surface area contributed by atoms with Crippen molar-refractivity contribution in [2.24, 2.45) is 5.73 Å². The Bertz CT molecular complexity index is 656. The van der Waals surface area contributed by atoms with Crippen LogP contribution in [0.5, 0.6) is 0 Å². The second kappa shape index (κ2) is 8.33. The molecule has 3 atom stereocenters. The van der Waals surface area contributed by atoms with Crippen LogP contribution in [0.15, 0.2) is 42.5 Å². The Kier molecular flexibility index (Phi) is 6.43. The molecule has 0 radical (unpaired) electrons. The fourth-order valence-corrected chi connectivity index (χ4v) is 2.70. The molecule has 0 aromatic heterocycles. The zero-order chi connectivity index (χ0) is 17.7. The van der Waals surface area contributed by atoms with Crippen molar-refractivity contribution in [1.29, 1.82) is 0 Å². The summed E-state index contributed by atoms with van der Waals surface area (Å²) in [6.07, 6.45) is 0.107. The molecule has 3 nitrogen and oxygen atoms in total. The average Bonchev–Trinajstić information content (AvgIpc) is 2.54. The average molecular weight is 334 g/mol. The maximum Gasteiger partial charge on any atom is 0.126 e. The number of hydrogen-bond acceptors (Lipinski definition) is 3. The highest BCUT2D eigenvalue weighted by Crippen LogP contribution is 2.21. The standard InChI is InChI=1S/C19H24F2N2O/c1-3-13-5-4-6-14(7-13)11-23-19(18(22)12(2)24)15-8-16(20)10-17(21)9-15/h4-10,12,18-19,23-24H,3,11,22H2,1-2H3/t12-,18-,19?/m1/s1. The molecule has 0 heterocycles. The van der Waals surface area contributed by atoms with E-state index in [1.807, 2.05) is 18.2 Å². The Labute approximate surface area is 141 Å². The first-order valence-electron chi connectivity index (χ1n) is 8.11. The van der Waals surface area contributed by atoms with Gasteiger partial charge in [0.15, 0.2) is 0 Å². The zero-order valence-corrected chi connectivity index (χ0v) is 14.0. The highest BCUT2D eigenvalue weighted by Gasteiger charge is 2.24. The van der Waals surface area contributed by atoms with Crippen LogP contribution in [0.4, 0.5) is 8.78 Å². The van der Waals surface area contributed by atoms with E-state index in [1.54, 1.807) is 6.92 Å². The third kappa shape index (κ3) is 4.84. The molecule has 0 amide bonds. The molecule has 24 heavy (non-hydrogen) atoms. The molecule has 0 bridgehead atoms. The Morgan fingerprint density at radius 2 is 1.71 bits per heavy atom. The van der Waals surface area contributed by atoms with Gasteiger partial charge in [0, 0.05) is 18.7 Å². The second-order valence-electron chi connectivity index (χ2n) is 6.05. The molecule has 0 aliphatic carbocycles. The largest absolute Gasteiger partial charge is 0.392 e. The van der Waals surface area contributed by atoms with Crippen molar-refractivity contribution in [2.75, 3.05) is 0 Å². The zero-order valence-electron chi connectivity index (χ0n) is 14.0. The normalized spacial score (nSPS) is 15.1. The van der Waals surface area contributed by atoms with E-state index >= 15 is 0 Å². The van der Waals surface area contributed by atoms with E-state index in [4.69, 9.17) is 5.73 Å². The van der Waals surface area contributed by atoms with Crippen molar-refractivity contribution in [2.45, 2.75) is 45.0 Å². The first-order valence-corrected chi connectivity index (χ1v) is 8.11. The molecule has 2 aromatic rings. The van der Waals surface area contributed by atoms with E-state index in [0.717, 1.165) is 18.1 Å². The summed E-state index contributed by atoms with van der Waals surface area (Å²) in [5.41, 5.74) is 8.70. The predicted octanol–water partition coefficient (Wildman–Crippen LogP) is 3.07. The van der Waals surface area contributed by atoms with E-state index in [2.05, 4.69) is 18.3 Å². The number of rotatable bonds is 7. The van der Waals surface area contributed by atoms with Crippen LogP contribution in [0.1, 0.15) is 36.6 Å². The third-order valence-corrected chi connectivity index (χ3v) is 4.11. The van der Waals surface area contributed by atoms with Gasteiger partial charge in [-0.25, -0.2) is 8.78 Å². The fourth-order valence-electron chi connectivity index (χ4n) is 2.70. The molecule has 1 unspecified atom stereocenters. The van der Waals surface area contributed by atoms with Crippen molar-refractivity contribution in [1.82, 2.24) is 5.32 Å². The van der Waals surface area contributed by atoms with E-state index in [9.17, 15) is 13.9 Å². The lowest BCUT2D eigenvalue weighted by molar-refractivity contribution is 0.142. The van der Waals surface area contributed by atoms with Gasteiger partial charge in [0.25, 0.3) is 0 Å². The summed E-state index contributed by atoms with van der Waals surface area (Å²) < 4.78 is 27.1. The monoisotopic (exact) mass is 334 g/mol. The molecule has 0 aliphatic heterocycles. The summed E-state index contributed by atoms with van der Waals surface area (Å²) >= 11 is 0. The molecule has 4 N–H and O–H groups in total. The highest BCUT2D eigenvalue weighted by molar-refractivity contribution is 5.26. The maximum atomic E-state index is 13.5. The van der Waals surface area contributed by atoms with Gasteiger partial charge in [-0.2, -0.15) is 0 Å². The molecule has 0 aliphatic rings. The van der Waals surface area contributed by atoms with Crippen molar-refractivity contribution >= 4 is 0 Å². The summed E-state index contributed by atoms with van der Waals surface area (Å²) in [7, 11) is 0. The Hall–Kier alpha value is -1.82. The predicted molar refractivity (Wildman–Crippen MR) is 91.4 cm³/mol. The van der Waals surface area contributed by atoms with Gasteiger partial charge in [0.05, 0.1) is 12.1 Å². The molecule has 0 saturated carbocycles. The number of halogens is 2. The Morgan fingerprint density at radius 3 is 2.29 bits per heavy atom. The van der Waals surface area contributed by atoms with Crippen molar-refractivity contribution in [3.63, 3.8) is 0 Å². The molecule has 0 spiro atoms. The molecular weight excluding hydrogens is 310 g/mol. The van der Waals surface area contributed by atoms with Gasteiger partial charge < -0.3 is 16.2 Å². The molecule has 2 rings (SSSR count). The summed E-state index contributed by atoms with van der Waals surface area (Å²) in [6.45, 7) is 4.12. The molecule has 0 saturated heterocycles. The van der Waals surface area contributed by atoms with Crippen LogP contribution in [-0.2, 0) is 13.0 Å². The second-order valence-corrected chi connectivity index (χ2v) is 6.05. The Morgan fingerprint density at radius 1 is 1.08 bits per heavy atom. The molecular formula is C19H24F2N2O. The van der Waals surface area contributed by atoms with Gasteiger partial charge in [-0.1, -0.05) is 31.2 Å². The summed E-state index contributed by atoms with van der Waals surface area (Å²) in [5.74, 6) is -1.33. The topological polar surface area (TPSA) is 58.3 Å². The van der Waals surface area contributed by atoms with Gasteiger partial charge in [0.2, 0.25) is 0 Å². The molecule has 5 heteroatoms. The minimum absolute atomic E-state index is 0.382. The van der Waals surface area contributed by atoms with E-state index < -0.39 is 29.8 Å². The number of nitrogens with one attached hydrogen (secondary N) is 1. The van der Waals surface area contributed by atoms with E-state index in [1.165, 1.54) is 17.7 Å². The van der Waals surface area contributed by atoms with Crippen LogP contribution in [0, 0.1) is 11.6 Å². The number of aryl methyl sites for hydroxylation is 1. The van der Waals surface area contributed by atoms with Crippen LogP contribution in [0.3, 0.4) is 0 Å². The lowest BCUT2D eigenvalue weighted by Crippen LogP contribution is -2.44. The van der Waals surface area contributed by atoms with Crippen LogP contribution < -0.4 is 11.1 Å². The molecule has 130 valence electrons. The highest BCUT2D eigenvalue weighted by atomic mass is 19.1. The van der Waals surface area contributed by atoms with Crippen LogP contribution in [-0.4, -0.2) is 17.3 Å². The SMILES string of the molecule is CCc1cccc(CNC(c2cc(F)cc(F)c2)[C@H](N)[C@@H](C)O)c1. The lowest BCUT2D eigenvalue weighted by atomic mass is 9.95. The van der Waals surface area contributed by atoms with Crippen molar-refractivity contribution in [3.8, 4) is 0 Å². The first kappa shape index (κ1) is 18.5. The van der Waals surface area contributed by atoms with Crippen LogP contribution in [0.2, 0.25) is 0 Å². The molecule has 0 fully saturated rings. The summed E-state index contributed by atoms with van der Waals surface area (Å²) in [4.78, 5) is 0. The lowest BCUT2D eigenvalue weighted by Gasteiger charge is -2.28. The number of aliphatic hydroxyl groups excluding tert-OH is 1. The van der Waals surface area contributed by atoms with Crippen molar-refractivity contribution < 1.29 is 13.9 Å². The summed E-state index contributed by atoms with van der Waals surface area (Å²) in [5, 5.41) is 13.0. The summed E-state index contributed by atoms with van der Waals surface area (Å²) in [6, 6.07) is 10.1. The van der Waals surface area contributed by atoms with Crippen molar-refractivity contribution in [3.05, 3.63) is 70.8 Å². The van der Waals surface area contributed by atoms with Gasteiger partial charge in [-0.05, 0) is 42.2 Å². The van der Waals surface area contributed by atoms with Gasteiger partial charge in [-0.3, -0.25) is 0 Å². The van der Waals surface area contributed by atoms with E-state index in [0.29, 0.717) is 12.1 Å². The van der Waals surface area contributed by atoms with Gasteiger partial charge >= 0.3 is 0 Å². The number of aliphatic hydroxyl groups is 1. The van der Waals surface area contributed by atoms with Gasteiger partial charge in [0.1, 0.15) is 11.6 Å². The number of nitrogens with two attached hydrogens (primary N) is 1. The smallest absolute Gasteiger partial charge is 0.126 e. The fraction of sp³-hybridized carbons (Fsp3) is 0.368. The number of benzene rings is 2. The first-order chi connectivity index (χ1) is 11.4. The van der Waals surface area contributed by atoms with E-state index in [-0.39, 0.29) is 0 Å². The quantitative estimate of drug-likeness (QED) is 0.729. The molecule has 2 aromatic carbocycles. The van der Waals surface area contributed by atoms with Gasteiger partial charge in [-0.15, -0.1) is 0 Å². The number of hydrogen-bond donors (Lipinski definition) is 3. The van der Waals surface area contributed by atoms with Crippen LogP contribution >= 0.6 is 0 Å². The maximum absolute atomic E-state index is 13.5. The third-order valence-electron chi connectivity index (χ3n) is 4.11. The van der Waals surface area contributed by atoms with Crippen LogP contribution in [0.25, 0.3) is 0 Å². The minimum Gasteiger partial charge on any atom is -0.392 e. The minimum atomic E-state index is -0.823. The Balaban J connectivity index is 2.23.